The molecule has 3 heterocycles. The van der Waals surface area contributed by atoms with Crippen molar-refractivity contribution >= 4 is 45.5 Å². The molecule has 0 unspecified atom stereocenters. The van der Waals surface area contributed by atoms with Crippen molar-refractivity contribution in [1.29, 1.82) is 0 Å². The van der Waals surface area contributed by atoms with Crippen LogP contribution in [0.25, 0.3) is 22.1 Å². The smallest absolute Gasteiger partial charge is 0.419 e. The zero-order chi connectivity index (χ0) is 28.9. The summed E-state index contributed by atoms with van der Waals surface area (Å²) in [6, 6.07) is 15.6. The van der Waals surface area contributed by atoms with Gasteiger partial charge >= 0.3 is 11.8 Å². The Morgan fingerprint density at radius 3 is 2.40 bits per heavy atom. The van der Waals surface area contributed by atoms with Gasteiger partial charge in [0.1, 0.15) is 5.60 Å². The molecule has 2 aromatic carbocycles. The molecule has 206 valence electrons. The van der Waals surface area contributed by atoms with Crippen molar-refractivity contribution in [3.8, 4) is 0 Å². The molecule has 5 rings (SSSR count). The van der Waals surface area contributed by atoms with Crippen LogP contribution >= 0.6 is 11.6 Å². The zero-order valence-electron chi connectivity index (χ0n) is 22.5. The molecule has 0 amide bonds. The lowest BCUT2D eigenvalue weighted by Gasteiger charge is -2.21. The molecule has 1 N–H and O–H groups in total. The second-order valence-electron chi connectivity index (χ2n) is 10.3. The second kappa shape index (κ2) is 9.83. The molecule has 0 saturated carbocycles. The molecule has 0 spiro atoms. The number of rotatable bonds is 4. The molecule has 0 radical (unpaired) electrons. The molecule has 0 bridgehead atoms. The Hall–Kier alpha value is -4.64. The number of aromatic nitrogens is 5. The summed E-state index contributed by atoms with van der Waals surface area (Å²) in [5.41, 5.74) is -0.287. The summed E-state index contributed by atoms with van der Waals surface area (Å²) in [5, 5.41) is 14.2. The molecule has 12 heteroatoms. The summed E-state index contributed by atoms with van der Waals surface area (Å²) >= 11 is 6.42. The first-order valence-electron chi connectivity index (χ1n) is 12.4. The number of imidazole rings is 1. The largest absolute Gasteiger partial charge is 0.443 e. The molecule has 0 fully saturated rings. The van der Waals surface area contributed by atoms with Gasteiger partial charge in [-0.05, 0) is 39.0 Å². The van der Waals surface area contributed by atoms with E-state index in [0.29, 0.717) is 27.2 Å². The Kier molecular flexibility index (Phi) is 6.62. The van der Waals surface area contributed by atoms with Gasteiger partial charge in [0.25, 0.3) is 5.56 Å². The summed E-state index contributed by atoms with van der Waals surface area (Å²) in [6.45, 7) is 5.00. The Balaban J connectivity index is 1.71. The van der Waals surface area contributed by atoms with E-state index in [2.05, 4.69) is 10.1 Å². The van der Waals surface area contributed by atoms with Crippen LogP contribution in [-0.2, 0) is 25.4 Å². The van der Waals surface area contributed by atoms with Gasteiger partial charge in [-0.1, -0.05) is 53.2 Å². The highest BCUT2D eigenvalue weighted by Crippen LogP contribution is 2.28. The van der Waals surface area contributed by atoms with E-state index >= 15 is 0 Å². The molecular weight excluding hydrogens is 536 g/mol. The number of aryl methyl sites for hydroxylation is 2. The van der Waals surface area contributed by atoms with Crippen LogP contribution < -0.4 is 11.2 Å². The van der Waals surface area contributed by atoms with Crippen LogP contribution in [0.15, 0.2) is 69.3 Å². The number of nitrogens with zero attached hydrogens (tertiary/aromatic N) is 6. The summed E-state index contributed by atoms with van der Waals surface area (Å²) in [5.74, 6) is 0.197. The first-order chi connectivity index (χ1) is 18.9. The number of ether oxygens (including phenoxy) is 1. The highest BCUT2D eigenvalue weighted by Gasteiger charge is 2.26. The third kappa shape index (κ3) is 4.47. The number of fused-ring (bicyclic) bond motifs is 2. The Morgan fingerprint density at radius 2 is 1.75 bits per heavy atom. The van der Waals surface area contributed by atoms with Crippen molar-refractivity contribution in [2.75, 3.05) is 0 Å². The minimum atomic E-state index is -0.786. The van der Waals surface area contributed by atoms with Crippen molar-refractivity contribution in [2.45, 2.75) is 32.9 Å². The van der Waals surface area contributed by atoms with Gasteiger partial charge in [0, 0.05) is 30.1 Å². The third-order valence-corrected chi connectivity index (χ3v) is 6.81. The molecule has 0 saturated heterocycles. The maximum absolute atomic E-state index is 13.8. The number of benzene rings is 2. The monoisotopic (exact) mass is 562 g/mol. The lowest BCUT2D eigenvalue weighted by molar-refractivity contribution is 0.0540. The predicted octanol–water partition coefficient (Wildman–Crippen LogP) is 4.10. The van der Waals surface area contributed by atoms with E-state index in [1.807, 2.05) is 6.07 Å². The number of halogens is 1. The van der Waals surface area contributed by atoms with Crippen molar-refractivity contribution in [3.63, 3.8) is 0 Å². The minimum Gasteiger partial charge on any atom is -0.443 e. The topological polar surface area (TPSA) is 126 Å². The van der Waals surface area contributed by atoms with Crippen molar-refractivity contribution in [3.05, 3.63) is 97.5 Å². The van der Waals surface area contributed by atoms with Crippen LogP contribution in [0.5, 0.6) is 0 Å². The van der Waals surface area contributed by atoms with Gasteiger partial charge in [0.05, 0.1) is 17.8 Å². The summed E-state index contributed by atoms with van der Waals surface area (Å²) in [6.07, 6.45) is -0.666. The second-order valence-corrected chi connectivity index (χ2v) is 10.7. The van der Waals surface area contributed by atoms with Crippen molar-refractivity contribution in [1.82, 2.24) is 23.3 Å². The average Bonchev–Trinajstić information content (AvgIpc) is 3.44. The van der Waals surface area contributed by atoms with Gasteiger partial charge in [-0.15, -0.1) is 0 Å². The fourth-order valence-electron chi connectivity index (χ4n) is 4.67. The lowest BCUT2D eigenvalue weighted by atomic mass is 10.1. The highest BCUT2D eigenvalue weighted by atomic mass is 35.5. The Bertz CT molecular complexity index is 1940. The molecular formula is C28H27ClN6O5. The maximum atomic E-state index is 13.8. The average molecular weight is 563 g/mol. The summed E-state index contributed by atoms with van der Waals surface area (Å²) < 4.78 is 10.7. The predicted molar refractivity (Wildman–Crippen MR) is 152 cm³/mol. The van der Waals surface area contributed by atoms with Crippen LogP contribution in [-0.4, -0.2) is 45.9 Å². The molecule has 5 aromatic rings. The SMILES string of the molecule is Cn1c(/C(=N/O)c2ccccc2)nc2c1c(=O)n(Cc1cc3c(Cl)cccc3n1C(=O)OC(C)(C)C)c(=O)n2C. The molecule has 40 heavy (non-hydrogen) atoms. The fraction of sp³-hybridized carbons (Fsp3) is 0.250. The van der Waals surface area contributed by atoms with Crippen molar-refractivity contribution in [2.24, 2.45) is 19.3 Å². The fourth-order valence-corrected chi connectivity index (χ4v) is 4.90. The molecule has 0 aliphatic rings. The first kappa shape index (κ1) is 26.9. The van der Waals surface area contributed by atoms with Crippen LogP contribution in [0.3, 0.4) is 0 Å². The van der Waals surface area contributed by atoms with E-state index in [9.17, 15) is 19.6 Å². The summed E-state index contributed by atoms with van der Waals surface area (Å²) in [7, 11) is 3.10. The van der Waals surface area contributed by atoms with E-state index in [0.717, 1.165) is 4.57 Å². The number of hydrogen-bond donors (Lipinski definition) is 1. The van der Waals surface area contributed by atoms with Gasteiger partial charge < -0.3 is 14.5 Å². The molecule has 3 aromatic heterocycles. The summed E-state index contributed by atoms with van der Waals surface area (Å²) in [4.78, 5) is 45.1. The maximum Gasteiger partial charge on any atom is 0.419 e. The number of carbonyl (C=O) groups is 1. The Morgan fingerprint density at radius 1 is 1.05 bits per heavy atom. The standard InChI is InChI=1S/C28H27ClN6O5/c1-28(2,3)40-27(38)35-17(14-18-19(29)12-9-13-20(18)35)15-34-25(36)22-24(33(5)26(34)37)30-23(32(22)4)21(31-39)16-10-7-6-8-11-16/h6-14,39H,15H2,1-5H3/b31-21+. The van der Waals surface area contributed by atoms with Gasteiger partial charge in [-0.3, -0.25) is 13.9 Å². The molecule has 0 aliphatic heterocycles. The highest BCUT2D eigenvalue weighted by molar-refractivity contribution is 6.35. The van der Waals surface area contributed by atoms with E-state index in [-0.39, 0.29) is 29.2 Å². The zero-order valence-corrected chi connectivity index (χ0v) is 23.3. The number of carbonyl (C=O) groups excluding carboxylic acids is 1. The number of hydrogen-bond acceptors (Lipinski definition) is 7. The van der Waals surface area contributed by atoms with Gasteiger partial charge in [-0.2, -0.15) is 0 Å². The lowest BCUT2D eigenvalue weighted by Crippen LogP contribution is -2.40. The van der Waals surface area contributed by atoms with Crippen LogP contribution in [0.2, 0.25) is 5.02 Å². The van der Waals surface area contributed by atoms with Crippen LogP contribution in [0, 0.1) is 0 Å². The minimum absolute atomic E-state index is 0.118. The van der Waals surface area contributed by atoms with Crippen LogP contribution in [0.1, 0.15) is 37.9 Å². The quantitative estimate of drug-likeness (QED) is 0.200. The van der Waals surface area contributed by atoms with E-state index in [4.69, 9.17) is 16.3 Å². The molecule has 11 nitrogen and oxygen atoms in total. The van der Waals surface area contributed by atoms with Crippen molar-refractivity contribution < 1.29 is 14.7 Å². The van der Waals surface area contributed by atoms with E-state index in [1.165, 1.54) is 20.7 Å². The third-order valence-electron chi connectivity index (χ3n) is 6.48. The van der Waals surface area contributed by atoms with Crippen LogP contribution in [0.4, 0.5) is 4.79 Å². The van der Waals surface area contributed by atoms with Gasteiger partial charge in [0.15, 0.2) is 22.7 Å². The number of oxime groups is 1. The first-order valence-corrected chi connectivity index (χ1v) is 12.8. The molecule has 0 atom stereocenters. The van der Waals surface area contributed by atoms with E-state index in [1.54, 1.807) is 76.3 Å². The Labute approximate surface area is 233 Å². The molecule has 0 aliphatic carbocycles. The normalized spacial score (nSPS) is 12.4. The van der Waals surface area contributed by atoms with Gasteiger partial charge in [-0.25, -0.2) is 19.1 Å². The van der Waals surface area contributed by atoms with Gasteiger partial charge in [0.2, 0.25) is 0 Å². The van der Waals surface area contributed by atoms with E-state index < -0.39 is 22.9 Å².